The summed E-state index contributed by atoms with van der Waals surface area (Å²) in [6, 6.07) is 4.72. The van der Waals surface area contributed by atoms with E-state index in [4.69, 9.17) is 0 Å². The number of likely N-dealkylation sites (N-methyl/N-ethyl adjacent to an activating group) is 1. The van der Waals surface area contributed by atoms with E-state index < -0.39 is 15.9 Å². The van der Waals surface area contributed by atoms with Crippen molar-refractivity contribution >= 4 is 27.5 Å². The summed E-state index contributed by atoms with van der Waals surface area (Å²) in [6.07, 6.45) is 2.57. The molecule has 0 aliphatic carbocycles. The van der Waals surface area contributed by atoms with Crippen LogP contribution in [0.3, 0.4) is 0 Å². The van der Waals surface area contributed by atoms with Crippen LogP contribution in [-0.2, 0) is 39.6 Å². The molecule has 0 spiro atoms. The Bertz CT molecular complexity index is 1080. The van der Waals surface area contributed by atoms with Crippen molar-refractivity contribution < 1.29 is 18.0 Å². The minimum absolute atomic E-state index is 0.0276. The van der Waals surface area contributed by atoms with Gasteiger partial charge in [0.15, 0.2) is 0 Å². The van der Waals surface area contributed by atoms with Crippen LogP contribution in [0.2, 0.25) is 0 Å². The van der Waals surface area contributed by atoms with E-state index >= 15 is 0 Å². The largest absolute Gasteiger partial charge is 0.359 e. The third-order valence-electron chi connectivity index (χ3n) is 5.17. The lowest BCUT2D eigenvalue weighted by molar-refractivity contribution is -0.122. The lowest BCUT2D eigenvalue weighted by Gasteiger charge is -2.30. The second-order valence-corrected chi connectivity index (χ2v) is 8.98. The molecular weight excluding hydrogens is 382 g/mol. The summed E-state index contributed by atoms with van der Waals surface area (Å²) in [5.41, 5.74) is 2.77. The predicted octanol–water partition coefficient (Wildman–Crippen LogP) is 0.339. The van der Waals surface area contributed by atoms with E-state index in [9.17, 15) is 18.0 Å². The van der Waals surface area contributed by atoms with Crippen molar-refractivity contribution in [1.29, 1.82) is 0 Å². The van der Waals surface area contributed by atoms with E-state index in [1.807, 2.05) is 0 Å². The molecule has 10 heteroatoms. The molecule has 148 valence electrons. The minimum Gasteiger partial charge on any atom is -0.359 e. The van der Waals surface area contributed by atoms with E-state index in [1.165, 1.54) is 17.4 Å². The van der Waals surface area contributed by atoms with Crippen molar-refractivity contribution in [3.05, 3.63) is 41.2 Å². The van der Waals surface area contributed by atoms with Crippen LogP contribution >= 0.6 is 0 Å². The summed E-state index contributed by atoms with van der Waals surface area (Å²) >= 11 is 0. The summed E-state index contributed by atoms with van der Waals surface area (Å²) in [5, 5.41) is 9.69. The van der Waals surface area contributed by atoms with E-state index in [-0.39, 0.29) is 29.8 Å². The van der Waals surface area contributed by atoms with Crippen LogP contribution in [0.15, 0.2) is 29.3 Å². The van der Waals surface area contributed by atoms with Gasteiger partial charge in [0.1, 0.15) is 0 Å². The van der Waals surface area contributed by atoms with E-state index in [2.05, 4.69) is 15.7 Å². The Kier molecular flexibility index (Phi) is 4.47. The molecule has 2 N–H and O–H groups in total. The highest BCUT2D eigenvalue weighted by Crippen LogP contribution is 2.33. The van der Waals surface area contributed by atoms with Crippen molar-refractivity contribution in [1.82, 2.24) is 19.4 Å². The number of sulfonamides is 1. The summed E-state index contributed by atoms with van der Waals surface area (Å²) in [6.45, 7) is 0.187. The zero-order valence-corrected chi connectivity index (χ0v) is 16.4. The van der Waals surface area contributed by atoms with Crippen molar-refractivity contribution in [3.63, 3.8) is 0 Å². The number of nitrogens with one attached hydrogen (secondary N) is 2. The van der Waals surface area contributed by atoms with Crippen LogP contribution in [0.4, 0.5) is 5.69 Å². The molecule has 4 rings (SSSR count). The van der Waals surface area contributed by atoms with Gasteiger partial charge >= 0.3 is 0 Å². The van der Waals surface area contributed by atoms with Crippen molar-refractivity contribution in [2.24, 2.45) is 7.05 Å². The maximum Gasteiger partial charge on any atom is 0.243 e. The molecule has 0 saturated carbocycles. The molecule has 0 saturated heterocycles. The molecule has 2 aromatic rings. The average molecular weight is 403 g/mol. The third-order valence-corrected chi connectivity index (χ3v) is 6.98. The molecule has 0 fully saturated rings. The number of amides is 2. The fourth-order valence-corrected chi connectivity index (χ4v) is 5.23. The Hall–Kier alpha value is -2.72. The van der Waals surface area contributed by atoms with Gasteiger partial charge < -0.3 is 10.6 Å². The van der Waals surface area contributed by atoms with Crippen LogP contribution in [-0.4, -0.2) is 47.9 Å². The molecule has 1 aromatic heterocycles. The Balaban J connectivity index is 1.70. The van der Waals surface area contributed by atoms with Gasteiger partial charge in [0.05, 0.1) is 16.5 Å². The van der Waals surface area contributed by atoms with Crippen molar-refractivity contribution in [2.75, 3.05) is 18.9 Å². The summed E-state index contributed by atoms with van der Waals surface area (Å²) in [5.74, 6) is -1.01. The Labute approximate surface area is 162 Å². The maximum atomic E-state index is 13.3. The van der Waals surface area contributed by atoms with Crippen molar-refractivity contribution in [3.8, 4) is 0 Å². The van der Waals surface area contributed by atoms with Gasteiger partial charge in [-0.15, -0.1) is 0 Å². The normalized spacial score (nSPS) is 19.5. The van der Waals surface area contributed by atoms with Gasteiger partial charge in [-0.05, 0) is 30.2 Å². The lowest BCUT2D eigenvalue weighted by atomic mass is 9.97. The number of fused-ring (bicyclic) bond motifs is 2. The molecule has 3 heterocycles. The molecule has 28 heavy (non-hydrogen) atoms. The number of aromatic nitrogens is 2. The number of carbonyl (C=O) groups is 2. The fraction of sp³-hybridized carbons (Fsp3) is 0.389. The van der Waals surface area contributed by atoms with Gasteiger partial charge in [0, 0.05) is 51.1 Å². The topological polar surface area (TPSA) is 113 Å². The molecule has 2 amide bonds. The van der Waals surface area contributed by atoms with Gasteiger partial charge in [0.25, 0.3) is 0 Å². The minimum atomic E-state index is -3.81. The van der Waals surface area contributed by atoms with Gasteiger partial charge in [-0.3, -0.25) is 14.3 Å². The number of anilines is 1. The second kappa shape index (κ2) is 6.71. The number of benzene rings is 1. The number of hydrogen-bond acceptors (Lipinski definition) is 5. The zero-order valence-electron chi connectivity index (χ0n) is 15.6. The first-order valence-corrected chi connectivity index (χ1v) is 10.4. The number of hydrogen-bond donors (Lipinski definition) is 2. The Morgan fingerprint density at radius 2 is 2.07 bits per heavy atom. The standard InChI is InChI=1S/C18H21N5O4S/c1-19-18(25)14-10-23(9-12-8-22(2)21-17(12)14)28(26,27)13-4-5-15-11(7-13)3-6-16(24)20-15/h4-5,7-8,14H,3,6,9-10H2,1-2H3,(H,19,25)(H,20,24)/t14-/m0/s1. The first-order valence-electron chi connectivity index (χ1n) is 8.96. The maximum absolute atomic E-state index is 13.3. The van der Waals surface area contributed by atoms with Gasteiger partial charge in [-0.1, -0.05) is 0 Å². The van der Waals surface area contributed by atoms with Gasteiger partial charge in [-0.25, -0.2) is 8.42 Å². The molecule has 1 aromatic carbocycles. The molecule has 1 atom stereocenters. The van der Waals surface area contributed by atoms with Gasteiger partial charge in [0.2, 0.25) is 21.8 Å². The van der Waals surface area contributed by atoms with Gasteiger partial charge in [-0.2, -0.15) is 9.40 Å². The van der Waals surface area contributed by atoms with Crippen LogP contribution < -0.4 is 10.6 Å². The van der Waals surface area contributed by atoms with E-state index in [1.54, 1.807) is 30.1 Å². The molecule has 2 aliphatic heterocycles. The molecule has 2 aliphatic rings. The smallest absolute Gasteiger partial charge is 0.243 e. The predicted molar refractivity (Wildman–Crippen MR) is 101 cm³/mol. The summed E-state index contributed by atoms with van der Waals surface area (Å²) < 4.78 is 29.5. The average Bonchev–Trinajstić information content (AvgIpc) is 3.06. The highest BCUT2D eigenvalue weighted by Gasteiger charge is 2.38. The number of rotatable bonds is 3. The summed E-state index contributed by atoms with van der Waals surface area (Å²) in [7, 11) is -0.544. The van der Waals surface area contributed by atoms with E-state index in [0.717, 1.165) is 11.1 Å². The molecule has 0 bridgehead atoms. The van der Waals surface area contributed by atoms with E-state index in [0.29, 0.717) is 24.2 Å². The van der Waals surface area contributed by atoms with Crippen LogP contribution in [0.1, 0.15) is 29.2 Å². The second-order valence-electron chi connectivity index (χ2n) is 7.04. The van der Waals surface area contributed by atoms with Crippen molar-refractivity contribution in [2.45, 2.75) is 30.2 Å². The SMILES string of the molecule is CNC(=O)[C@H]1CN(S(=O)(=O)c2ccc3c(c2)CCC(=O)N3)Cc2cn(C)nc21. The third kappa shape index (κ3) is 3.08. The quantitative estimate of drug-likeness (QED) is 0.767. The fourth-order valence-electron chi connectivity index (χ4n) is 3.75. The zero-order chi connectivity index (χ0) is 20.1. The first-order chi connectivity index (χ1) is 13.3. The number of aryl methyl sites for hydroxylation is 2. The first kappa shape index (κ1) is 18.6. The van der Waals surface area contributed by atoms with Crippen LogP contribution in [0, 0.1) is 0 Å². The van der Waals surface area contributed by atoms with Crippen LogP contribution in [0.5, 0.6) is 0 Å². The number of carbonyl (C=O) groups excluding carboxylic acids is 2. The monoisotopic (exact) mass is 403 g/mol. The number of nitrogens with zero attached hydrogens (tertiary/aromatic N) is 3. The summed E-state index contributed by atoms with van der Waals surface area (Å²) in [4.78, 5) is 24.0. The van der Waals surface area contributed by atoms with Crippen LogP contribution in [0.25, 0.3) is 0 Å². The molecule has 0 unspecified atom stereocenters. The lowest BCUT2D eigenvalue weighted by Crippen LogP contribution is -2.43. The molecule has 0 radical (unpaired) electrons. The highest BCUT2D eigenvalue weighted by molar-refractivity contribution is 7.89. The Morgan fingerprint density at radius 1 is 1.29 bits per heavy atom. The Morgan fingerprint density at radius 3 is 2.82 bits per heavy atom. The molecule has 9 nitrogen and oxygen atoms in total. The molecular formula is C18H21N5O4S. The highest BCUT2D eigenvalue weighted by atomic mass is 32.2.